The fourth-order valence-electron chi connectivity index (χ4n) is 2.40. The first-order valence-electron chi connectivity index (χ1n) is 6.60. The molecule has 0 bridgehead atoms. The van der Waals surface area contributed by atoms with Crippen LogP contribution in [0.3, 0.4) is 0 Å². The first-order chi connectivity index (χ1) is 10.1. The van der Waals surface area contributed by atoms with Crippen molar-refractivity contribution in [2.45, 2.75) is 12.8 Å². The smallest absolute Gasteiger partial charge is 0.149 e. The van der Waals surface area contributed by atoms with E-state index in [0.29, 0.717) is 37.2 Å². The number of benzene rings is 1. The van der Waals surface area contributed by atoms with E-state index in [4.69, 9.17) is 0 Å². The van der Waals surface area contributed by atoms with Crippen molar-refractivity contribution in [1.29, 1.82) is 0 Å². The summed E-state index contributed by atoms with van der Waals surface area (Å²) in [7, 11) is 0. The predicted molar refractivity (Wildman–Crippen MR) is 71.7 cm³/mol. The average molecular weight is 291 g/mol. The third kappa shape index (κ3) is 2.91. The molecule has 2 aromatic rings. The number of nitrogens with one attached hydrogen (secondary N) is 1. The standard InChI is InChI=1S/C14H13F2N4O/c15-12-6-9(5-10-8-17-19-18-10)7-13(16)14(12)20-3-1-11(21)2-4-20/h5-8H,1-4H2,(H,17,18,19). The van der Waals surface area contributed by atoms with E-state index in [-0.39, 0.29) is 11.5 Å². The van der Waals surface area contributed by atoms with Crippen molar-refractivity contribution in [2.24, 2.45) is 0 Å². The number of hydrogen-bond donors (Lipinski definition) is 1. The second-order valence-corrected chi connectivity index (χ2v) is 4.90. The molecule has 7 heteroatoms. The van der Waals surface area contributed by atoms with Gasteiger partial charge >= 0.3 is 0 Å². The van der Waals surface area contributed by atoms with Gasteiger partial charge in [-0.05, 0) is 17.7 Å². The van der Waals surface area contributed by atoms with Crippen LogP contribution in [-0.2, 0) is 4.79 Å². The van der Waals surface area contributed by atoms with E-state index in [9.17, 15) is 13.6 Å². The molecular weight excluding hydrogens is 278 g/mol. The number of aromatic nitrogens is 3. The van der Waals surface area contributed by atoms with Crippen molar-refractivity contribution in [3.05, 3.63) is 47.6 Å². The van der Waals surface area contributed by atoms with Crippen LogP contribution < -0.4 is 4.90 Å². The van der Waals surface area contributed by atoms with Gasteiger partial charge < -0.3 is 4.90 Å². The van der Waals surface area contributed by atoms with Crippen LogP contribution in [-0.4, -0.2) is 34.3 Å². The molecule has 0 unspecified atom stereocenters. The summed E-state index contributed by atoms with van der Waals surface area (Å²) in [5.41, 5.74) is 0.792. The van der Waals surface area contributed by atoms with Gasteiger partial charge in [0.1, 0.15) is 23.1 Å². The molecule has 0 saturated carbocycles. The Hall–Kier alpha value is -2.31. The van der Waals surface area contributed by atoms with Gasteiger partial charge in [0.2, 0.25) is 0 Å². The molecule has 1 aromatic heterocycles. The number of Topliss-reactive ketones (excluding diaryl/α,β-unsaturated/α-hetero) is 1. The average Bonchev–Trinajstić information content (AvgIpc) is 2.93. The zero-order valence-electron chi connectivity index (χ0n) is 11.1. The Morgan fingerprint density at radius 3 is 2.43 bits per heavy atom. The lowest BCUT2D eigenvalue weighted by molar-refractivity contribution is -0.119. The monoisotopic (exact) mass is 291 g/mol. The minimum atomic E-state index is -0.640. The first-order valence-corrected chi connectivity index (χ1v) is 6.60. The Kier molecular flexibility index (Phi) is 3.64. The third-order valence-corrected chi connectivity index (χ3v) is 3.43. The summed E-state index contributed by atoms with van der Waals surface area (Å²) in [6, 6.07) is 2.51. The SMILES string of the molecule is O=C1CCN(c2c(F)cc([CH]c3c[nH]nn3)cc2F)CC1. The molecule has 0 amide bonds. The largest absolute Gasteiger partial charge is 0.366 e. The number of nitrogens with zero attached hydrogens (tertiary/aromatic N) is 3. The highest BCUT2D eigenvalue weighted by Crippen LogP contribution is 2.28. The number of H-pyrrole nitrogens is 1. The molecule has 0 aliphatic carbocycles. The molecule has 0 spiro atoms. The van der Waals surface area contributed by atoms with Crippen molar-refractivity contribution in [2.75, 3.05) is 18.0 Å². The number of hydrogen-bond acceptors (Lipinski definition) is 4. The zero-order valence-corrected chi connectivity index (χ0v) is 11.1. The minimum absolute atomic E-state index is 0.0696. The molecule has 1 aliphatic heterocycles. The molecule has 3 rings (SSSR count). The number of ketones is 1. The van der Waals surface area contributed by atoms with Gasteiger partial charge in [-0.1, -0.05) is 5.21 Å². The summed E-state index contributed by atoms with van der Waals surface area (Å²) in [4.78, 5) is 12.8. The van der Waals surface area contributed by atoms with Gasteiger partial charge in [0.15, 0.2) is 0 Å². The Labute approximate surface area is 120 Å². The van der Waals surface area contributed by atoms with E-state index in [1.165, 1.54) is 24.8 Å². The van der Waals surface area contributed by atoms with Crippen LogP contribution >= 0.6 is 0 Å². The maximum Gasteiger partial charge on any atom is 0.149 e. The molecule has 0 atom stereocenters. The van der Waals surface area contributed by atoms with Crippen LogP contribution in [0, 0.1) is 18.1 Å². The van der Waals surface area contributed by atoms with Gasteiger partial charge in [-0.2, -0.15) is 0 Å². The van der Waals surface area contributed by atoms with Gasteiger partial charge in [-0.25, -0.2) is 8.78 Å². The highest BCUT2D eigenvalue weighted by molar-refractivity contribution is 5.81. The zero-order chi connectivity index (χ0) is 14.8. The van der Waals surface area contributed by atoms with E-state index < -0.39 is 11.6 Å². The number of rotatable bonds is 3. The van der Waals surface area contributed by atoms with Crippen LogP contribution in [0.1, 0.15) is 24.1 Å². The van der Waals surface area contributed by atoms with Gasteiger partial charge in [-0.3, -0.25) is 9.89 Å². The molecule has 1 fully saturated rings. The molecule has 5 nitrogen and oxygen atoms in total. The van der Waals surface area contributed by atoms with Crippen LogP contribution in [0.15, 0.2) is 18.3 Å². The number of carbonyl (C=O) groups is 1. The normalized spacial score (nSPS) is 15.5. The van der Waals surface area contributed by atoms with Crippen LogP contribution in [0.4, 0.5) is 14.5 Å². The fraction of sp³-hybridized carbons (Fsp3) is 0.286. The molecule has 1 aliphatic rings. The summed E-state index contributed by atoms with van der Waals surface area (Å²) in [5, 5.41) is 9.79. The van der Waals surface area contributed by atoms with E-state index in [1.54, 1.807) is 4.90 Å². The number of anilines is 1. The van der Waals surface area contributed by atoms with Gasteiger partial charge in [0.25, 0.3) is 0 Å². The number of carbonyl (C=O) groups excluding carboxylic acids is 1. The highest BCUT2D eigenvalue weighted by Gasteiger charge is 2.23. The molecule has 1 aromatic carbocycles. The van der Waals surface area contributed by atoms with Crippen LogP contribution in [0.25, 0.3) is 0 Å². The van der Waals surface area contributed by atoms with Crippen molar-refractivity contribution in [3.63, 3.8) is 0 Å². The van der Waals surface area contributed by atoms with Crippen molar-refractivity contribution >= 4 is 11.5 Å². The topological polar surface area (TPSA) is 61.9 Å². The second kappa shape index (κ2) is 5.59. The van der Waals surface area contributed by atoms with Gasteiger partial charge in [0, 0.05) is 38.5 Å². The summed E-state index contributed by atoms with van der Waals surface area (Å²) in [5.74, 6) is -1.15. The van der Waals surface area contributed by atoms with Crippen molar-refractivity contribution in [3.8, 4) is 0 Å². The Bertz CT molecular complexity index is 624. The molecule has 2 heterocycles. The molecule has 1 saturated heterocycles. The van der Waals surface area contributed by atoms with Crippen LogP contribution in [0.2, 0.25) is 0 Å². The van der Waals surface area contributed by atoms with E-state index in [0.717, 1.165) is 0 Å². The Morgan fingerprint density at radius 1 is 1.19 bits per heavy atom. The number of piperidine rings is 1. The number of aromatic amines is 1. The Balaban J connectivity index is 1.84. The first kappa shape index (κ1) is 13.7. The number of halogens is 2. The lowest BCUT2D eigenvalue weighted by atomic mass is 10.1. The molecule has 109 valence electrons. The van der Waals surface area contributed by atoms with Crippen LogP contribution in [0.5, 0.6) is 0 Å². The third-order valence-electron chi connectivity index (χ3n) is 3.43. The van der Waals surface area contributed by atoms with Crippen molar-refractivity contribution < 1.29 is 13.6 Å². The summed E-state index contributed by atoms with van der Waals surface area (Å²) >= 11 is 0. The summed E-state index contributed by atoms with van der Waals surface area (Å²) in [6.45, 7) is 0.693. The van der Waals surface area contributed by atoms with E-state index in [1.807, 2.05) is 0 Å². The highest BCUT2D eigenvalue weighted by atomic mass is 19.1. The minimum Gasteiger partial charge on any atom is -0.366 e. The second-order valence-electron chi connectivity index (χ2n) is 4.90. The van der Waals surface area contributed by atoms with E-state index in [2.05, 4.69) is 15.4 Å². The molecule has 1 radical (unpaired) electrons. The van der Waals surface area contributed by atoms with Gasteiger partial charge in [-0.15, -0.1) is 5.10 Å². The summed E-state index contributed by atoms with van der Waals surface area (Å²) in [6.07, 6.45) is 3.70. The maximum atomic E-state index is 14.2. The maximum absolute atomic E-state index is 14.2. The predicted octanol–water partition coefficient (Wildman–Crippen LogP) is 1.85. The molecular formula is C14H13F2N4O. The Morgan fingerprint density at radius 2 is 1.86 bits per heavy atom. The lowest BCUT2D eigenvalue weighted by Gasteiger charge is -2.28. The molecule has 21 heavy (non-hydrogen) atoms. The van der Waals surface area contributed by atoms with Gasteiger partial charge in [0.05, 0.1) is 5.69 Å². The fourth-order valence-corrected chi connectivity index (χ4v) is 2.40. The quantitative estimate of drug-likeness (QED) is 0.937. The lowest BCUT2D eigenvalue weighted by Crippen LogP contribution is -2.35. The molecule has 1 N–H and O–H groups in total. The summed E-state index contributed by atoms with van der Waals surface area (Å²) < 4.78 is 28.4. The van der Waals surface area contributed by atoms with Crippen molar-refractivity contribution in [1.82, 2.24) is 15.4 Å². The van der Waals surface area contributed by atoms with E-state index >= 15 is 0 Å².